The van der Waals surface area contributed by atoms with Crippen LogP contribution in [0.3, 0.4) is 0 Å². The maximum Gasteiger partial charge on any atom is 0.168 e. The molecular formula is C14H14Br2N2O2. The van der Waals surface area contributed by atoms with Gasteiger partial charge in [0.05, 0.1) is 11.8 Å². The number of hydrogen-bond donors (Lipinski definition) is 1. The van der Waals surface area contributed by atoms with Gasteiger partial charge in [-0.05, 0) is 62.5 Å². The van der Waals surface area contributed by atoms with Gasteiger partial charge in [0.15, 0.2) is 6.29 Å². The third-order valence-electron chi connectivity index (χ3n) is 2.35. The fraction of sp³-hybridized carbons (Fsp3) is 0.214. The Kier molecular flexibility index (Phi) is 7.58. The summed E-state index contributed by atoms with van der Waals surface area (Å²) in [5, 5.41) is 9.34. The minimum Gasteiger partial charge on any atom is -0.387 e. The Morgan fingerprint density at radius 2 is 1.75 bits per heavy atom. The Bertz CT molecular complexity index is 530. The van der Waals surface area contributed by atoms with Crippen molar-refractivity contribution in [3.8, 4) is 0 Å². The van der Waals surface area contributed by atoms with Crippen LogP contribution in [0.1, 0.15) is 35.6 Å². The highest BCUT2D eigenvalue weighted by atomic mass is 79.9. The fourth-order valence-electron chi connectivity index (χ4n) is 1.25. The first-order valence-corrected chi connectivity index (χ1v) is 7.51. The molecule has 1 unspecified atom stereocenters. The highest BCUT2D eigenvalue weighted by Gasteiger charge is 2.04. The molecule has 0 bridgehead atoms. The van der Waals surface area contributed by atoms with E-state index in [1.165, 1.54) is 0 Å². The first kappa shape index (κ1) is 16.9. The summed E-state index contributed by atoms with van der Waals surface area (Å²) < 4.78 is 1.82. The third kappa shape index (κ3) is 5.90. The molecule has 0 saturated heterocycles. The van der Waals surface area contributed by atoms with Gasteiger partial charge in [-0.15, -0.1) is 0 Å². The van der Waals surface area contributed by atoms with Gasteiger partial charge >= 0.3 is 0 Å². The number of hydrogen-bond acceptors (Lipinski definition) is 4. The van der Waals surface area contributed by atoms with Crippen LogP contribution in [-0.4, -0.2) is 21.4 Å². The van der Waals surface area contributed by atoms with Crippen LogP contribution in [0.5, 0.6) is 0 Å². The number of rotatable bonds is 3. The average Bonchev–Trinajstić information content (AvgIpc) is 2.49. The molecule has 106 valence electrons. The van der Waals surface area contributed by atoms with E-state index in [-0.39, 0.29) is 0 Å². The van der Waals surface area contributed by atoms with Crippen molar-refractivity contribution >= 4 is 38.1 Å². The van der Waals surface area contributed by atoms with Gasteiger partial charge in [-0.3, -0.25) is 14.8 Å². The normalized spacial score (nSPS) is 11.2. The van der Waals surface area contributed by atoms with Crippen molar-refractivity contribution in [3.63, 3.8) is 0 Å². The molecule has 0 fully saturated rings. The van der Waals surface area contributed by atoms with Gasteiger partial charge in [-0.1, -0.05) is 6.92 Å². The summed E-state index contributed by atoms with van der Waals surface area (Å²) in [5.41, 5.74) is 1.19. The number of carbonyl (C=O) groups excluding carboxylic acids is 1. The first-order chi connectivity index (χ1) is 9.56. The van der Waals surface area contributed by atoms with Crippen molar-refractivity contribution in [1.82, 2.24) is 9.97 Å². The summed E-state index contributed by atoms with van der Waals surface area (Å²) in [7, 11) is 0. The molecular weight excluding hydrogens is 388 g/mol. The highest BCUT2D eigenvalue weighted by molar-refractivity contribution is 9.10. The Hall–Kier alpha value is -1.11. The van der Waals surface area contributed by atoms with Crippen molar-refractivity contribution in [2.75, 3.05) is 0 Å². The summed E-state index contributed by atoms with van der Waals surface area (Å²) in [6.45, 7) is 1.92. The van der Waals surface area contributed by atoms with Crippen molar-refractivity contribution in [2.45, 2.75) is 19.4 Å². The second-order valence-electron chi connectivity index (χ2n) is 3.84. The van der Waals surface area contributed by atoms with E-state index >= 15 is 0 Å². The van der Waals surface area contributed by atoms with E-state index in [1.807, 2.05) is 19.1 Å². The van der Waals surface area contributed by atoms with Crippen molar-refractivity contribution in [1.29, 1.82) is 0 Å². The SMILES string of the molecule is CCC(O)c1ccc(Br)cn1.O=Cc1ccc(Br)cn1. The molecule has 1 atom stereocenters. The molecule has 0 saturated carbocycles. The summed E-state index contributed by atoms with van der Waals surface area (Å²) in [6, 6.07) is 7.12. The van der Waals surface area contributed by atoms with Crippen molar-refractivity contribution in [3.05, 3.63) is 57.0 Å². The van der Waals surface area contributed by atoms with E-state index < -0.39 is 6.10 Å². The zero-order valence-corrected chi connectivity index (χ0v) is 14.0. The second kappa shape index (κ2) is 8.94. The Labute approximate surface area is 134 Å². The van der Waals surface area contributed by atoms with Crippen LogP contribution in [0.2, 0.25) is 0 Å². The van der Waals surface area contributed by atoms with Crippen LogP contribution in [-0.2, 0) is 0 Å². The monoisotopic (exact) mass is 400 g/mol. The maximum absolute atomic E-state index is 10.0. The lowest BCUT2D eigenvalue weighted by Gasteiger charge is -2.05. The van der Waals surface area contributed by atoms with Gasteiger partial charge in [-0.2, -0.15) is 0 Å². The minimum absolute atomic E-state index is 0.428. The fourth-order valence-corrected chi connectivity index (χ4v) is 1.72. The Balaban J connectivity index is 0.000000204. The molecule has 2 rings (SSSR count). The molecule has 0 aliphatic carbocycles. The minimum atomic E-state index is -0.428. The lowest BCUT2D eigenvalue weighted by atomic mass is 10.2. The predicted molar refractivity (Wildman–Crippen MR) is 84.5 cm³/mol. The largest absolute Gasteiger partial charge is 0.387 e. The number of aromatic nitrogens is 2. The van der Waals surface area contributed by atoms with Crippen molar-refractivity contribution in [2.24, 2.45) is 0 Å². The van der Waals surface area contributed by atoms with Gasteiger partial charge in [0.25, 0.3) is 0 Å². The topological polar surface area (TPSA) is 63.1 Å². The maximum atomic E-state index is 10.0. The summed E-state index contributed by atoms with van der Waals surface area (Å²) in [6.07, 6.45) is 4.27. The molecule has 4 nitrogen and oxygen atoms in total. The molecule has 1 N–H and O–H groups in total. The van der Waals surface area contributed by atoms with Gasteiger partial charge in [0.2, 0.25) is 0 Å². The van der Waals surface area contributed by atoms with E-state index in [2.05, 4.69) is 41.8 Å². The smallest absolute Gasteiger partial charge is 0.168 e. The van der Waals surface area contributed by atoms with Gasteiger partial charge in [0.1, 0.15) is 5.69 Å². The van der Waals surface area contributed by atoms with E-state index in [1.54, 1.807) is 24.5 Å². The van der Waals surface area contributed by atoms with E-state index in [0.29, 0.717) is 18.4 Å². The number of nitrogens with zero attached hydrogens (tertiary/aromatic N) is 2. The standard InChI is InChI=1S/C8H10BrNO.C6H4BrNO/c1-2-8(11)7-4-3-6(9)5-10-7;7-5-1-2-6(4-9)8-3-5/h3-5,8,11H,2H2,1H3;1-4H. The summed E-state index contributed by atoms with van der Waals surface area (Å²) >= 11 is 6.47. The molecule has 6 heteroatoms. The number of aldehydes is 1. The number of aliphatic hydroxyl groups is 1. The molecule has 2 aromatic rings. The summed E-state index contributed by atoms with van der Waals surface area (Å²) in [5.74, 6) is 0. The third-order valence-corrected chi connectivity index (χ3v) is 3.29. The number of carbonyl (C=O) groups is 1. The quantitative estimate of drug-likeness (QED) is 0.791. The highest BCUT2D eigenvalue weighted by Crippen LogP contribution is 2.15. The molecule has 0 aliphatic heterocycles. The van der Waals surface area contributed by atoms with Gasteiger partial charge in [0, 0.05) is 21.3 Å². The lowest BCUT2D eigenvalue weighted by molar-refractivity contribution is 0.111. The molecule has 2 aromatic heterocycles. The van der Waals surface area contributed by atoms with Crippen LogP contribution in [0, 0.1) is 0 Å². The van der Waals surface area contributed by atoms with Gasteiger partial charge in [-0.25, -0.2) is 0 Å². The molecule has 20 heavy (non-hydrogen) atoms. The zero-order valence-electron chi connectivity index (χ0n) is 10.8. The van der Waals surface area contributed by atoms with Crippen LogP contribution < -0.4 is 0 Å². The number of pyridine rings is 2. The molecule has 0 aromatic carbocycles. The molecule has 0 amide bonds. The van der Waals surface area contributed by atoms with Crippen molar-refractivity contribution < 1.29 is 9.90 Å². The van der Waals surface area contributed by atoms with E-state index in [4.69, 9.17) is 0 Å². The van der Waals surface area contributed by atoms with E-state index in [9.17, 15) is 9.90 Å². The summed E-state index contributed by atoms with van der Waals surface area (Å²) in [4.78, 5) is 17.9. The Morgan fingerprint density at radius 3 is 2.15 bits per heavy atom. The second-order valence-corrected chi connectivity index (χ2v) is 5.68. The number of halogens is 2. The van der Waals surface area contributed by atoms with Crippen LogP contribution in [0.25, 0.3) is 0 Å². The van der Waals surface area contributed by atoms with Crippen LogP contribution in [0.4, 0.5) is 0 Å². The lowest BCUT2D eigenvalue weighted by Crippen LogP contribution is -1.97. The molecule has 0 radical (unpaired) electrons. The van der Waals surface area contributed by atoms with Crippen LogP contribution in [0.15, 0.2) is 45.6 Å². The van der Waals surface area contributed by atoms with Gasteiger partial charge < -0.3 is 5.11 Å². The molecule has 0 spiro atoms. The molecule has 0 aliphatic rings. The Morgan fingerprint density at radius 1 is 1.15 bits per heavy atom. The average molecular weight is 402 g/mol. The zero-order chi connectivity index (χ0) is 15.0. The number of aliphatic hydroxyl groups excluding tert-OH is 1. The first-order valence-electron chi connectivity index (χ1n) is 5.93. The van der Waals surface area contributed by atoms with Crippen LogP contribution >= 0.6 is 31.9 Å². The molecule has 2 heterocycles. The van der Waals surface area contributed by atoms with E-state index in [0.717, 1.165) is 14.6 Å². The predicted octanol–water partition coefficient (Wildman–Crippen LogP) is 3.94.